The Kier molecular flexibility index (Phi) is 5.20. The van der Waals surface area contributed by atoms with Gasteiger partial charge in [-0.05, 0) is 31.2 Å². The van der Waals surface area contributed by atoms with Gasteiger partial charge in [0.05, 0.1) is 24.7 Å². The topological polar surface area (TPSA) is 87.2 Å². The third-order valence-corrected chi connectivity index (χ3v) is 4.57. The van der Waals surface area contributed by atoms with Crippen molar-refractivity contribution in [2.45, 2.75) is 26.5 Å². The van der Waals surface area contributed by atoms with Gasteiger partial charge in [0.15, 0.2) is 0 Å². The van der Waals surface area contributed by atoms with E-state index in [1.807, 2.05) is 36.4 Å². The van der Waals surface area contributed by atoms with E-state index in [2.05, 4.69) is 10.1 Å². The highest BCUT2D eigenvalue weighted by Gasteiger charge is 2.14. The monoisotopic (exact) mass is 389 g/mol. The van der Waals surface area contributed by atoms with Gasteiger partial charge >= 0.3 is 5.97 Å². The number of carbonyl (C=O) groups is 1. The van der Waals surface area contributed by atoms with Crippen molar-refractivity contribution in [1.82, 2.24) is 14.8 Å². The first kappa shape index (κ1) is 18.6. The molecule has 0 saturated heterocycles. The van der Waals surface area contributed by atoms with Crippen molar-refractivity contribution in [3.05, 3.63) is 82.5 Å². The molecule has 29 heavy (non-hydrogen) atoms. The third kappa shape index (κ3) is 4.08. The Morgan fingerprint density at radius 1 is 1.10 bits per heavy atom. The molecule has 0 spiro atoms. The number of para-hydroxylation sites is 1. The summed E-state index contributed by atoms with van der Waals surface area (Å²) in [5.74, 6) is 0.737. The van der Waals surface area contributed by atoms with E-state index >= 15 is 0 Å². The number of benzene rings is 2. The highest BCUT2D eigenvalue weighted by molar-refractivity contribution is 5.78. The van der Waals surface area contributed by atoms with Crippen LogP contribution in [0.4, 0.5) is 0 Å². The predicted octanol–water partition coefficient (Wildman–Crippen LogP) is 3.49. The van der Waals surface area contributed by atoms with E-state index in [9.17, 15) is 9.59 Å². The Hall–Kier alpha value is -3.74. The molecule has 4 aromatic rings. The summed E-state index contributed by atoms with van der Waals surface area (Å²) in [4.78, 5) is 28.5. The highest BCUT2D eigenvalue weighted by Crippen LogP contribution is 2.21. The smallest absolute Gasteiger partial charge is 0.308 e. The second-order valence-electron chi connectivity index (χ2n) is 6.55. The summed E-state index contributed by atoms with van der Waals surface area (Å²) in [6.07, 6.45) is 1.39. The molecular formula is C22H19N3O4. The quantitative estimate of drug-likeness (QED) is 0.469. The number of aryl methyl sites for hydroxylation is 2. The number of hydrogen-bond acceptors (Lipinski definition) is 6. The van der Waals surface area contributed by atoms with Gasteiger partial charge in [0.25, 0.3) is 0 Å². The molecule has 2 heterocycles. The number of hydrogen-bond donors (Lipinski definition) is 0. The molecule has 0 aliphatic heterocycles. The number of fused-ring (bicyclic) bond motifs is 1. The molecule has 7 heteroatoms. The molecule has 0 aliphatic rings. The van der Waals surface area contributed by atoms with Crippen molar-refractivity contribution in [1.29, 1.82) is 0 Å². The minimum atomic E-state index is -0.377. The molecule has 0 aliphatic carbocycles. The summed E-state index contributed by atoms with van der Waals surface area (Å²) in [7, 11) is 0. The SMILES string of the molecule is Cc1oc(-c2ccccc2)nc1COC(=O)CCn1ncc(=O)c2ccccc21. The molecule has 4 rings (SSSR count). The number of nitrogens with zero attached hydrogens (tertiary/aromatic N) is 3. The van der Waals surface area contributed by atoms with Crippen LogP contribution in [-0.2, 0) is 22.7 Å². The summed E-state index contributed by atoms with van der Waals surface area (Å²) in [6.45, 7) is 2.14. The lowest BCUT2D eigenvalue weighted by atomic mass is 10.2. The Bertz CT molecular complexity index is 1210. The van der Waals surface area contributed by atoms with Gasteiger partial charge in [-0.15, -0.1) is 0 Å². The summed E-state index contributed by atoms with van der Waals surface area (Å²) in [5.41, 5.74) is 2.00. The van der Waals surface area contributed by atoms with E-state index in [1.54, 1.807) is 29.8 Å². The lowest BCUT2D eigenvalue weighted by Crippen LogP contribution is -2.15. The molecule has 0 amide bonds. The molecule has 0 radical (unpaired) electrons. The number of carbonyl (C=O) groups excluding carboxylic acids is 1. The number of rotatable bonds is 6. The van der Waals surface area contributed by atoms with Gasteiger partial charge in [0.1, 0.15) is 18.1 Å². The van der Waals surface area contributed by atoms with E-state index in [4.69, 9.17) is 9.15 Å². The number of aromatic nitrogens is 3. The normalized spacial score (nSPS) is 10.9. The average molecular weight is 389 g/mol. The van der Waals surface area contributed by atoms with E-state index in [-0.39, 0.29) is 24.4 Å². The third-order valence-electron chi connectivity index (χ3n) is 4.57. The lowest BCUT2D eigenvalue weighted by Gasteiger charge is -2.08. The summed E-state index contributed by atoms with van der Waals surface area (Å²) in [6, 6.07) is 16.7. The largest absolute Gasteiger partial charge is 0.459 e. The zero-order valence-electron chi connectivity index (χ0n) is 15.9. The zero-order valence-corrected chi connectivity index (χ0v) is 15.9. The molecule has 0 fully saturated rings. The van der Waals surface area contributed by atoms with Crippen LogP contribution < -0.4 is 5.43 Å². The van der Waals surface area contributed by atoms with Crippen molar-refractivity contribution in [3.8, 4) is 11.5 Å². The fraction of sp³-hybridized carbons (Fsp3) is 0.182. The molecule has 2 aromatic carbocycles. The minimum Gasteiger partial charge on any atom is -0.459 e. The standard InChI is InChI=1S/C22H19N3O4/c1-15-18(24-22(29-15)16-7-3-2-4-8-16)14-28-21(27)11-12-25-19-10-6-5-9-17(19)20(26)13-23-25/h2-10,13H,11-12,14H2,1H3. The molecule has 7 nitrogen and oxygen atoms in total. The maximum Gasteiger partial charge on any atom is 0.308 e. The lowest BCUT2D eigenvalue weighted by molar-refractivity contribution is -0.145. The molecule has 0 N–H and O–H groups in total. The van der Waals surface area contributed by atoms with Gasteiger partial charge in [0, 0.05) is 10.9 Å². The zero-order chi connectivity index (χ0) is 20.2. The van der Waals surface area contributed by atoms with Gasteiger partial charge < -0.3 is 9.15 Å². The second-order valence-corrected chi connectivity index (χ2v) is 6.55. The van der Waals surface area contributed by atoms with Crippen LogP contribution in [0, 0.1) is 6.92 Å². The van der Waals surface area contributed by atoms with Crippen LogP contribution in [0.1, 0.15) is 17.9 Å². The van der Waals surface area contributed by atoms with Crippen LogP contribution in [0.5, 0.6) is 0 Å². The van der Waals surface area contributed by atoms with Crippen molar-refractivity contribution in [3.63, 3.8) is 0 Å². The van der Waals surface area contributed by atoms with Crippen molar-refractivity contribution in [2.24, 2.45) is 0 Å². The Morgan fingerprint density at radius 3 is 2.69 bits per heavy atom. The van der Waals surface area contributed by atoms with Crippen molar-refractivity contribution in [2.75, 3.05) is 0 Å². The van der Waals surface area contributed by atoms with E-state index in [0.717, 1.165) is 5.56 Å². The molecule has 0 saturated carbocycles. The molecule has 146 valence electrons. The number of esters is 1. The maximum absolute atomic E-state index is 12.2. The van der Waals surface area contributed by atoms with Crippen LogP contribution in [0.15, 0.2) is 70.0 Å². The Morgan fingerprint density at radius 2 is 1.86 bits per heavy atom. The van der Waals surface area contributed by atoms with Crippen LogP contribution in [0.2, 0.25) is 0 Å². The van der Waals surface area contributed by atoms with Crippen molar-refractivity contribution >= 4 is 16.9 Å². The number of oxazole rings is 1. The maximum atomic E-state index is 12.2. The number of ether oxygens (including phenoxy) is 1. The van der Waals surface area contributed by atoms with Crippen LogP contribution in [0.3, 0.4) is 0 Å². The van der Waals surface area contributed by atoms with Gasteiger partial charge in [-0.3, -0.25) is 14.3 Å². The fourth-order valence-electron chi connectivity index (χ4n) is 3.02. The Labute approximate surface area is 166 Å². The second kappa shape index (κ2) is 8.10. The molecule has 2 aromatic heterocycles. The van der Waals surface area contributed by atoms with Gasteiger partial charge in [-0.2, -0.15) is 5.10 Å². The van der Waals surface area contributed by atoms with Gasteiger partial charge in [0.2, 0.25) is 11.3 Å². The van der Waals surface area contributed by atoms with E-state index in [0.29, 0.717) is 34.8 Å². The summed E-state index contributed by atoms with van der Waals surface area (Å²) < 4.78 is 12.7. The minimum absolute atomic E-state index is 0.0410. The molecular weight excluding hydrogens is 370 g/mol. The van der Waals surface area contributed by atoms with E-state index in [1.165, 1.54) is 6.20 Å². The molecule has 0 unspecified atom stereocenters. The summed E-state index contributed by atoms with van der Waals surface area (Å²) >= 11 is 0. The summed E-state index contributed by atoms with van der Waals surface area (Å²) in [5, 5.41) is 4.69. The predicted molar refractivity (Wildman–Crippen MR) is 107 cm³/mol. The first-order chi connectivity index (χ1) is 14.1. The first-order valence-corrected chi connectivity index (χ1v) is 9.24. The van der Waals surface area contributed by atoms with Crippen LogP contribution >= 0.6 is 0 Å². The van der Waals surface area contributed by atoms with Gasteiger partial charge in [-0.1, -0.05) is 30.3 Å². The average Bonchev–Trinajstić information content (AvgIpc) is 3.13. The fourth-order valence-corrected chi connectivity index (χ4v) is 3.02. The van der Waals surface area contributed by atoms with Crippen LogP contribution in [0.25, 0.3) is 22.4 Å². The highest BCUT2D eigenvalue weighted by atomic mass is 16.5. The van der Waals surface area contributed by atoms with E-state index < -0.39 is 0 Å². The first-order valence-electron chi connectivity index (χ1n) is 9.24. The molecule has 0 bridgehead atoms. The Balaban J connectivity index is 1.39. The van der Waals surface area contributed by atoms with Crippen molar-refractivity contribution < 1.29 is 13.9 Å². The molecule has 0 atom stereocenters. The van der Waals surface area contributed by atoms with Gasteiger partial charge in [-0.25, -0.2) is 4.98 Å². The van der Waals surface area contributed by atoms with Crippen LogP contribution in [-0.4, -0.2) is 20.7 Å².